The Morgan fingerprint density at radius 1 is 1.00 bits per heavy atom. The number of aromatic hydroxyl groups is 1. The van der Waals surface area contributed by atoms with Gasteiger partial charge < -0.3 is 15.1 Å². The van der Waals surface area contributed by atoms with Crippen LogP contribution in [0.5, 0.6) is 5.75 Å². The van der Waals surface area contributed by atoms with Gasteiger partial charge in [-0.1, -0.05) is 42.5 Å². The van der Waals surface area contributed by atoms with E-state index in [0.29, 0.717) is 16.9 Å². The average molecular weight is 450 g/mol. The molecule has 2 aliphatic rings. The topological polar surface area (TPSA) is 86.0 Å². The highest BCUT2D eigenvalue weighted by Gasteiger charge is 2.48. The van der Waals surface area contributed by atoms with Crippen LogP contribution in [0, 0.1) is 0 Å². The number of aromatic nitrogens is 1. The molecule has 3 aromatic rings. The summed E-state index contributed by atoms with van der Waals surface area (Å²) in [6, 6.07) is 16.3. The van der Waals surface area contributed by atoms with Crippen molar-refractivity contribution in [2.75, 3.05) is 11.7 Å². The van der Waals surface area contributed by atoms with E-state index in [1.807, 2.05) is 62.4 Å². The van der Waals surface area contributed by atoms with Gasteiger partial charge in [-0.2, -0.15) is 0 Å². The van der Waals surface area contributed by atoms with Crippen molar-refractivity contribution in [3.63, 3.8) is 0 Å². The van der Waals surface area contributed by atoms with Crippen LogP contribution in [0.25, 0.3) is 0 Å². The molecule has 32 heavy (non-hydrogen) atoms. The van der Waals surface area contributed by atoms with Crippen LogP contribution in [0.4, 0.5) is 0 Å². The van der Waals surface area contributed by atoms with Crippen LogP contribution in [0.1, 0.15) is 41.0 Å². The van der Waals surface area contributed by atoms with Crippen LogP contribution in [0.15, 0.2) is 70.5 Å². The molecule has 5 rings (SSSR count). The maximum absolute atomic E-state index is 13.2. The number of hydrogen-bond donors (Lipinski definition) is 2. The lowest BCUT2D eigenvalue weighted by molar-refractivity contribution is 0.0141. The van der Waals surface area contributed by atoms with Crippen LogP contribution in [0.2, 0.25) is 0 Å². The summed E-state index contributed by atoms with van der Waals surface area (Å²) in [5, 5.41) is 24.8. The van der Waals surface area contributed by atoms with Gasteiger partial charge in [0.1, 0.15) is 6.67 Å². The molecule has 2 aliphatic heterocycles. The summed E-state index contributed by atoms with van der Waals surface area (Å²) >= 11 is 1.64. The Morgan fingerprint density at radius 3 is 2.44 bits per heavy atom. The molecule has 3 heterocycles. The van der Waals surface area contributed by atoms with E-state index in [9.17, 15) is 19.8 Å². The van der Waals surface area contributed by atoms with Crippen LogP contribution in [0.3, 0.4) is 0 Å². The molecule has 8 heteroatoms. The third-order valence-electron chi connectivity index (χ3n) is 6.10. The highest BCUT2D eigenvalue weighted by atomic mass is 32.2. The second-order valence-corrected chi connectivity index (χ2v) is 9.26. The van der Waals surface area contributed by atoms with Gasteiger partial charge in [0.15, 0.2) is 11.4 Å². The highest BCUT2D eigenvalue weighted by molar-refractivity contribution is 7.98. The van der Waals surface area contributed by atoms with Crippen molar-refractivity contribution >= 4 is 17.7 Å². The first-order valence-corrected chi connectivity index (χ1v) is 11.4. The second-order valence-electron chi connectivity index (χ2n) is 8.25. The van der Waals surface area contributed by atoms with E-state index < -0.39 is 22.8 Å². The molecule has 164 valence electrons. The van der Waals surface area contributed by atoms with E-state index in [1.165, 1.54) is 21.8 Å². The van der Waals surface area contributed by atoms with Gasteiger partial charge in [-0.3, -0.25) is 19.3 Å². The summed E-state index contributed by atoms with van der Waals surface area (Å²) in [5.41, 5.74) is -0.106. The molecular weight excluding hydrogens is 426 g/mol. The molecule has 7 nitrogen and oxygen atoms in total. The summed E-state index contributed by atoms with van der Waals surface area (Å²) < 4.78 is 1.42. The number of aliphatic hydroxyl groups is 1. The lowest BCUT2D eigenvalue weighted by Gasteiger charge is -2.49. The molecule has 0 bridgehead atoms. The van der Waals surface area contributed by atoms with Crippen LogP contribution >= 0.6 is 11.8 Å². The van der Waals surface area contributed by atoms with Crippen molar-refractivity contribution in [2.24, 2.45) is 0 Å². The lowest BCUT2D eigenvalue weighted by Crippen LogP contribution is -2.64. The van der Waals surface area contributed by atoms with Crippen molar-refractivity contribution in [1.29, 1.82) is 0 Å². The minimum atomic E-state index is -1.65. The second kappa shape index (κ2) is 7.43. The van der Waals surface area contributed by atoms with Gasteiger partial charge in [-0.15, -0.1) is 11.8 Å². The molecule has 1 amide bonds. The SMILES string of the molecule is CC(C)N1CN(C2(O)c3ccccc3CSc3ccccc32)n2ccc(=O)c(O)c2C1=O. The van der Waals surface area contributed by atoms with Gasteiger partial charge in [0.2, 0.25) is 11.2 Å². The van der Waals surface area contributed by atoms with Gasteiger partial charge in [0.05, 0.1) is 0 Å². The minimum absolute atomic E-state index is 0.0651. The molecule has 2 aromatic carbocycles. The molecule has 0 saturated heterocycles. The molecule has 0 spiro atoms. The fourth-order valence-corrected chi connectivity index (χ4v) is 5.54. The fraction of sp³-hybridized carbons (Fsp3) is 0.250. The molecule has 0 saturated carbocycles. The van der Waals surface area contributed by atoms with Crippen LogP contribution < -0.4 is 10.4 Å². The average Bonchev–Trinajstić information content (AvgIpc) is 2.92. The third kappa shape index (κ3) is 2.87. The Morgan fingerprint density at radius 2 is 1.69 bits per heavy atom. The maximum Gasteiger partial charge on any atom is 0.278 e. The van der Waals surface area contributed by atoms with Crippen LogP contribution in [-0.4, -0.2) is 38.4 Å². The maximum atomic E-state index is 13.2. The smallest absolute Gasteiger partial charge is 0.278 e. The van der Waals surface area contributed by atoms with Crippen molar-refractivity contribution in [2.45, 2.75) is 36.3 Å². The van der Waals surface area contributed by atoms with Gasteiger partial charge in [-0.25, -0.2) is 0 Å². The predicted molar refractivity (Wildman–Crippen MR) is 122 cm³/mol. The molecular formula is C24H23N3O4S. The Labute approximate surface area is 189 Å². The number of thioether (sulfide) groups is 1. The fourth-order valence-electron chi connectivity index (χ4n) is 4.43. The van der Waals surface area contributed by atoms with E-state index >= 15 is 0 Å². The number of hydrogen-bond acceptors (Lipinski definition) is 6. The van der Waals surface area contributed by atoms with E-state index in [0.717, 1.165) is 10.5 Å². The molecule has 0 fully saturated rings. The third-order valence-corrected chi connectivity index (χ3v) is 7.22. The van der Waals surface area contributed by atoms with Crippen LogP contribution in [-0.2, 0) is 11.5 Å². The van der Waals surface area contributed by atoms with Gasteiger partial charge in [-0.05, 0) is 25.5 Å². The number of benzene rings is 2. The Balaban J connectivity index is 1.85. The standard InChI is InChI=1S/C24H23N3O4S/c1-15(2)25-14-27(26-12-11-19(28)22(29)21(26)23(25)30)24(31)17-8-4-3-7-16(17)13-32-20-10-6-5-9-18(20)24/h3-12,15,29,31H,13-14H2,1-2H3. The number of carbonyl (C=O) groups excluding carboxylic acids is 1. The van der Waals surface area contributed by atoms with E-state index in [-0.39, 0.29) is 18.4 Å². The summed E-state index contributed by atoms with van der Waals surface area (Å²) in [6.45, 7) is 3.78. The van der Waals surface area contributed by atoms with Gasteiger partial charge in [0.25, 0.3) is 5.91 Å². The number of rotatable bonds is 2. The molecule has 2 N–H and O–H groups in total. The lowest BCUT2D eigenvalue weighted by atomic mass is 9.90. The molecule has 1 atom stereocenters. The summed E-state index contributed by atoms with van der Waals surface area (Å²) in [4.78, 5) is 27.9. The molecule has 0 aliphatic carbocycles. The van der Waals surface area contributed by atoms with Gasteiger partial charge in [0, 0.05) is 40.1 Å². The van der Waals surface area contributed by atoms with Crippen molar-refractivity contribution in [1.82, 2.24) is 9.58 Å². The number of nitrogens with zero attached hydrogens (tertiary/aromatic N) is 3. The molecule has 1 aromatic heterocycles. The summed E-state index contributed by atoms with van der Waals surface area (Å²) in [5.74, 6) is -0.404. The Bertz CT molecular complexity index is 1240. The Hall–Kier alpha value is -3.23. The minimum Gasteiger partial charge on any atom is -0.502 e. The normalized spacial score (nSPS) is 19.9. The molecule has 1 unspecified atom stereocenters. The summed E-state index contributed by atoms with van der Waals surface area (Å²) in [7, 11) is 0. The monoisotopic (exact) mass is 449 g/mol. The summed E-state index contributed by atoms with van der Waals surface area (Å²) in [6.07, 6.45) is 1.44. The van der Waals surface area contributed by atoms with E-state index in [2.05, 4.69) is 0 Å². The highest BCUT2D eigenvalue weighted by Crippen LogP contribution is 2.45. The van der Waals surface area contributed by atoms with Crippen molar-refractivity contribution < 1.29 is 15.0 Å². The number of fused-ring (bicyclic) bond motifs is 3. The first-order valence-electron chi connectivity index (χ1n) is 10.4. The zero-order valence-electron chi connectivity index (χ0n) is 17.7. The Kier molecular flexibility index (Phi) is 4.79. The predicted octanol–water partition coefficient (Wildman–Crippen LogP) is 2.81. The largest absolute Gasteiger partial charge is 0.502 e. The first-order chi connectivity index (χ1) is 15.3. The van der Waals surface area contributed by atoms with Crippen molar-refractivity contribution in [3.05, 3.63) is 93.4 Å². The number of amides is 1. The first kappa shape index (κ1) is 20.7. The zero-order valence-corrected chi connectivity index (χ0v) is 18.5. The van der Waals surface area contributed by atoms with E-state index in [4.69, 9.17) is 0 Å². The number of pyridine rings is 1. The quantitative estimate of drug-likeness (QED) is 0.626. The van der Waals surface area contributed by atoms with Gasteiger partial charge >= 0.3 is 0 Å². The van der Waals surface area contributed by atoms with Crippen molar-refractivity contribution in [3.8, 4) is 5.75 Å². The van der Waals surface area contributed by atoms with E-state index in [1.54, 1.807) is 16.8 Å². The zero-order chi connectivity index (χ0) is 22.6. The number of carbonyl (C=O) groups is 1. The molecule has 0 radical (unpaired) electrons.